The van der Waals surface area contributed by atoms with Gasteiger partial charge < -0.3 is 30.4 Å². The minimum Gasteiger partial charge on any atom is -0.497 e. The number of hydrogen-bond donors (Lipinski definition) is 5. The molecule has 5 rings (SSSR count). The number of fused-ring (bicyclic) bond motifs is 1. The lowest BCUT2D eigenvalue weighted by atomic mass is 10.0. The number of H-pyrrole nitrogens is 1. The SMILES string of the molecule is COc1ccc(C(=O)N[C@@H](Cc2c[nH]c3ccccc23)C(=O)Nc2ccc(C(=O)Nc3ccc(F)cc3NC(=O)OC(C)(C)C)cc2)cc1. The second kappa shape index (κ2) is 14.7. The average molecular weight is 666 g/mol. The van der Waals surface area contributed by atoms with E-state index in [1.165, 1.54) is 25.3 Å². The van der Waals surface area contributed by atoms with Crippen molar-refractivity contribution in [1.29, 1.82) is 0 Å². The van der Waals surface area contributed by atoms with Crippen LogP contribution in [0.1, 0.15) is 47.1 Å². The highest BCUT2D eigenvalue weighted by atomic mass is 19.1. The molecule has 0 radical (unpaired) electrons. The van der Waals surface area contributed by atoms with Crippen molar-refractivity contribution in [2.45, 2.75) is 38.8 Å². The van der Waals surface area contributed by atoms with Gasteiger partial charge in [-0.05, 0) is 99.1 Å². The highest BCUT2D eigenvalue weighted by Crippen LogP contribution is 2.25. The zero-order chi connectivity index (χ0) is 35.1. The fourth-order valence-electron chi connectivity index (χ4n) is 4.98. The van der Waals surface area contributed by atoms with Crippen LogP contribution in [0.2, 0.25) is 0 Å². The van der Waals surface area contributed by atoms with E-state index in [1.54, 1.807) is 57.2 Å². The molecule has 0 spiro atoms. The molecule has 1 atom stereocenters. The lowest BCUT2D eigenvalue weighted by molar-refractivity contribution is -0.118. The molecule has 4 amide bonds. The Balaban J connectivity index is 1.29. The maximum atomic E-state index is 14.0. The van der Waals surface area contributed by atoms with Crippen molar-refractivity contribution in [2.75, 3.05) is 23.1 Å². The second-order valence-corrected chi connectivity index (χ2v) is 12.2. The normalized spacial score (nSPS) is 11.7. The summed E-state index contributed by atoms with van der Waals surface area (Å²) in [5.41, 5.74) is 2.12. The number of rotatable bonds is 10. The van der Waals surface area contributed by atoms with E-state index >= 15 is 0 Å². The Bertz CT molecular complexity index is 1980. The third-order valence-corrected chi connectivity index (χ3v) is 7.35. The van der Waals surface area contributed by atoms with E-state index in [4.69, 9.17) is 9.47 Å². The Morgan fingerprint density at radius 1 is 0.796 bits per heavy atom. The maximum absolute atomic E-state index is 14.0. The lowest BCUT2D eigenvalue weighted by Crippen LogP contribution is -2.45. The Morgan fingerprint density at radius 3 is 2.16 bits per heavy atom. The number of amides is 4. The minimum atomic E-state index is -0.953. The number of carbonyl (C=O) groups excluding carboxylic acids is 4. The van der Waals surface area contributed by atoms with Crippen LogP contribution in [0.25, 0.3) is 10.9 Å². The Morgan fingerprint density at radius 2 is 1.47 bits per heavy atom. The molecule has 0 unspecified atom stereocenters. The molecule has 0 saturated carbocycles. The molecule has 1 heterocycles. The Kier molecular flexibility index (Phi) is 10.3. The molecular weight excluding hydrogens is 629 g/mol. The predicted octanol–water partition coefficient (Wildman–Crippen LogP) is 6.89. The summed E-state index contributed by atoms with van der Waals surface area (Å²) in [6.45, 7) is 5.07. The van der Waals surface area contributed by atoms with Gasteiger partial charge in [-0.2, -0.15) is 0 Å². The number of carbonyl (C=O) groups is 4. The van der Waals surface area contributed by atoms with Gasteiger partial charge in [0.25, 0.3) is 11.8 Å². The first-order valence-corrected chi connectivity index (χ1v) is 15.4. The van der Waals surface area contributed by atoms with Crippen molar-refractivity contribution in [3.63, 3.8) is 0 Å². The van der Waals surface area contributed by atoms with E-state index < -0.39 is 41.3 Å². The topological polar surface area (TPSA) is 151 Å². The minimum absolute atomic E-state index is 0.0180. The van der Waals surface area contributed by atoms with Gasteiger partial charge in [0.15, 0.2) is 0 Å². The molecule has 252 valence electrons. The first kappa shape index (κ1) is 34.2. The van der Waals surface area contributed by atoms with E-state index in [9.17, 15) is 23.6 Å². The fourth-order valence-corrected chi connectivity index (χ4v) is 4.98. The van der Waals surface area contributed by atoms with Crippen LogP contribution in [0.15, 0.2) is 97.2 Å². The quantitative estimate of drug-likeness (QED) is 0.110. The third kappa shape index (κ3) is 9.01. The molecule has 0 saturated heterocycles. The van der Waals surface area contributed by atoms with Crippen molar-refractivity contribution in [2.24, 2.45) is 0 Å². The largest absolute Gasteiger partial charge is 0.497 e. The van der Waals surface area contributed by atoms with Gasteiger partial charge >= 0.3 is 6.09 Å². The van der Waals surface area contributed by atoms with Crippen molar-refractivity contribution >= 4 is 51.8 Å². The lowest BCUT2D eigenvalue weighted by Gasteiger charge is -2.20. The molecular formula is C37H36FN5O6. The monoisotopic (exact) mass is 665 g/mol. The van der Waals surface area contributed by atoms with E-state index in [0.29, 0.717) is 17.0 Å². The number of ether oxygens (including phenoxy) is 2. The average Bonchev–Trinajstić information content (AvgIpc) is 3.47. The number of methoxy groups -OCH3 is 1. The molecule has 4 aromatic carbocycles. The van der Waals surface area contributed by atoms with Gasteiger partial charge in [0.1, 0.15) is 23.2 Å². The number of aromatic nitrogens is 1. The van der Waals surface area contributed by atoms with Crippen LogP contribution in [0.4, 0.5) is 26.2 Å². The molecule has 49 heavy (non-hydrogen) atoms. The smallest absolute Gasteiger partial charge is 0.412 e. The van der Waals surface area contributed by atoms with Gasteiger partial charge in [-0.15, -0.1) is 0 Å². The van der Waals surface area contributed by atoms with Gasteiger partial charge in [0.05, 0.1) is 18.5 Å². The number of nitrogens with one attached hydrogen (secondary N) is 5. The Labute approximate surface area is 282 Å². The molecule has 0 bridgehead atoms. The molecule has 5 N–H and O–H groups in total. The maximum Gasteiger partial charge on any atom is 0.412 e. The fraction of sp³-hybridized carbons (Fsp3) is 0.189. The second-order valence-electron chi connectivity index (χ2n) is 12.2. The highest BCUT2D eigenvalue weighted by Gasteiger charge is 2.24. The molecule has 0 fully saturated rings. The summed E-state index contributed by atoms with van der Waals surface area (Å²) in [6, 6.07) is 22.9. The summed E-state index contributed by atoms with van der Waals surface area (Å²) in [6.07, 6.45) is 1.21. The van der Waals surface area contributed by atoms with Gasteiger partial charge in [-0.1, -0.05) is 18.2 Å². The van der Waals surface area contributed by atoms with E-state index in [1.807, 2.05) is 30.5 Å². The summed E-state index contributed by atoms with van der Waals surface area (Å²) in [4.78, 5) is 55.4. The van der Waals surface area contributed by atoms with Crippen LogP contribution in [0.3, 0.4) is 0 Å². The van der Waals surface area contributed by atoms with Crippen LogP contribution in [-0.4, -0.2) is 47.6 Å². The molecule has 0 aliphatic heterocycles. The van der Waals surface area contributed by atoms with Crippen molar-refractivity contribution in [3.05, 3.63) is 120 Å². The van der Waals surface area contributed by atoms with Gasteiger partial charge in [-0.25, -0.2) is 9.18 Å². The zero-order valence-corrected chi connectivity index (χ0v) is 27.3. The van der Waals surface area contributed by atoms with Crippen molar-refractivity contribution < 1.29 is 33.0 Å². The molecule has 1 aromatic heterocycles. The number of benzene rings is 4. The summed E-state index contributed by atoms with van der Waals surface area (Å²) < 4.78 is 24.4. The van der Waals surface area contributed by atoms with Crippen LogP contribution in [0, 0.1) is 5.82 Å². The molecule has 0 aliphatic carbocycles. The van der Waals surface area contributed by atoms with Crippen LogP contribution in [0.5, 0.6) is 5.75 Å². The predicted molar refractivity (Wildman–Crippen MR) is 186 cm³/mol. The van der Waals surface area contributed by atoms with Crippen LogP contribution < -0.4 is 26.0 Å². The van der Waals surface area contributed by atoms with Crippen molar-refractivity contribution in [3.8, 4) is 5.75 Å². The summed E-state index contributed by atoms with van der Waals surface area (Å²) >= 11 is 0. The number of anilines is 3. The summed E-state index contributed by atoms with van der Waals surface area (Å²) in [7, 11) is 1.53. The number of hydrogen-bond acceptors (Lipinski definition) is 6. The summed E-state index contributed by atoms with van der Waals surface area (Å²) in [5.74, 6) is -1.46. The Hall–Kier alpha value is -6.17. The van der Waals surface area contributed by atoms with Gasteiger partial charge in [0, 0.05) is 40.3 Å². The summed E-state index contributed by atoms with van der Waals surface area (Å²) in [5, 5.41) is 11.7. The third-order valence-electron chi connectivity index (χ3n) is 7.35. The van der Waals surface area contributed by atoms with E-state index in [-0.39, 0.29) is 23.4 Å². The molecule has 0 aliphatic rings. The zero-order valence-electron chi connectivity index (χ0n) is 27.3. The number of aromatic amines is 1. The van der Waals surface area contributed by atoms with E-state index in [2.05, 4.69) is 26.3 Å². The van der Waals surface area contributed by atoms with Crippen molar-refractivity contribution in [1.82, 2.24) is 10.3 Å². The molecule has 5 aromatic rings. The van der Waals surface area contributed by atoms with Crippen LogP contribution in [-0.2, 0) is 16.0 Å². The van der Waals surface area contributed by atoms with Crippen LogP contribution >= 0.6 is 0 Å². The standard InChI is InChI=1S/C37H36FN5O6/c1-37(2,3)49-36(47)43-31-20-25(38)13-18-30(31)41-33(44)22-9-14-26(15-10-22)40-35(46)32(19-24-21-39-29-8-6-5-7-28(24)29)42-34(45)23-11-16-27(48-4)17-12-23/h5-18,20-21,32,39H,19H2,1-4H3,(H,40,46)(H,41,44)(H,42,45)(H,43,47)/t32-/m0/s1. The molecule has 11 nitrogen and oxygen atoms in total. The number of para-hydroxylation sites is 1. The van der Waals surface area contributed by atoms with E-state index in [0.717, 1.165) is 28.6 Å². The first-order chi connectivity index (χ1) is 23.4. The van der Waals surface area contributed by atoms with Gasteiger partial charge in [0.2, 0.25) is 5.91 Å². The highest BCUT2D eigenvalue weighted by molar-refractivity contribution is 6.07. The first-order valence-electron chi connectivity index (χ1n) is 15.4. The van der Waals surface area contributed by atoms with Gasteiger partial charge in [-0.3, -0.25) is 19.7 Å². The number of halogens is 1. The molecule has 12 heteroatoms.